The minimum atomic E-state index is -1.20. The summed E-state index contributed by atoms with van der Waals surface area (Å²) in [5, 5.41) is 19.4. The Kier molecular flexibility index (Phi) is 5.22. The molecule has 1 unspecified atom stereocenters. The van der Waals surface area contributed by atoms with Gasteiger partial charge in [0.15, 0.2) is 0 Å². The maximum Gasteiger partial charge on any atom is 0.269 e. The summed E-state index contributed by atoms with van der Waals surface area (Å²) in [6.07, 6.45) is 3.68. The number of aliphatic hydroxyl groups is 1. The van der Waals surface area contributed by atoms with Gasteiger partial charge < -0.3 is 5.11 Å². The van der Waals surface area contributed by atoms with Gasteiger partial charge in [-0.25, -0.2) is 8.51 Å². The molecule has 0 saturated heterocycles. The highest BCUT2D eigenvalue weighted by atomic mass is 32.2. The third kappa shape index (κ3) is 3.41. The van der Waals surface area contributed by atoms with Crippen LogP contribution in [0.5, 0.6) is 0 Å². The van der Waals surface area contributed by atoms with E-state index in [-0.39, 0.29) is 12.3 Å². The first-order valence-corrected chi connectivity index (χ1v) is 7.79. The van der Waals surface area contributed by atoms with E-state index >= 15 is 0 Å². The fourth-order valence-corrected chi connectivity index (χ4v) is 3.64. The second kappa shape index (κ2) is 6.92. The van der Waals surface area contributed by atoms with Crippen LogP contribution in [0.2, 0.25) is 0 Å². The van der Waals surface area contributed by atoms with Crippen molar-refractivity contribution in [3.63, 3.8) is 0 Å². The molecule has 2 rings (SSSR count). The molecule has 20 heavy (non-hydrogen) atoms. The second-order valence-electron chi connectivity index (χ2n) is 4.80. The van der Waals surface area contributed by atoms with Crippen LogP contribution in [0.25, 0.3) is 0 Å². The SMILES string of the molecule is O=[N+]([O-])c1ccc2c(c1)CN(CCCCCCO)S2=O. The van der Waals surface area contributed by atoms with Gasteiger partial charge in [-0.15, -0.1) is 0 Å². The van der Waals surface area contributed by atoms with Gasteiger partial charge >= 0.3 is 0 Å². The predicted molar refractivity (Wildman–Crippen MR) is 75.5 cm³/mol. The van der Waals surface area contributed by atoms with Gasteiger partial charge in [0.1, 0.15) is 11.0 Å². The van der Waals surface area contributed by atoms with Crippen molar-refractivity contribution in [3.8, 4) is 0 Å². The third-order valence-corrected chi connectivity index (χ3v) is 4.90. The number of aliphatic hydroxyl groups excluding tert-OH is 1. The van der Waals surface area contributed by atoms with E-state index in [4.69, 9.17) is 5.11 Å². The van der Waals surface area contributed by atoms with Crippen LogP contribution >= 0.6 is 0 Å². The first kappa shape index (κ1) is 15.1. The first-order valence-electron chi connectivity index (χ1n) is 6.68. The number of nitro benzene ring substituents is 1. The molecule has 1 aliphatic rings. The standard InChI is InChI=1S/C13H18N2O4S/c16-8-4-2-1-3-7-14-10-11-9-12(15(17)18)5-6-13(11)20(14)19/h5-6,9,16H,1-4,7-8,10H2. The van der Waals surface area contributed by atoms with Crippen LogP contribution in [0.15, 0.2) is 23.1 Å². The molecule has 110 valence electrons. The van der Waals surface area contributed by atoms with Gasteiger partial charge in [0, 0.05) is 31.8 Å². The minimum absolute atomic E-state index is 0.0468. The van der Waals surface area contributed by atoms with E-state index in [1.54, 1.807) is 6.07 Å². The van der Waals surface area contributed by atoms with Crippen molar-refractivity contribution in [1.29, 1.82) is 0 Å². The molecule has 0 bridgehead atoms. The number of fused-ring (bicyclic) bond motifs is 1. The Labute approximate surface area is 120 Å². The highest BCUT2D eigenvalue weighted by Crippen LogP contribution is 2.30. The highest BCUT2D eigenvalue weighted by molar-refractivity contribution is 7.83. The molecule has 0 saturated carbocycles. The van der Waals surface area contributed by atoms with Crippen molar-refractivity contribution in [2.24, 2.45) is 0 Å². The molecule has 1 aromatic carbocycles. The zero-order valence-corrected chi connectivity index (χ0v) is 12.0. The van der Waals surface area contributed by atoms with Crippen molar-refractivity contribution < 1.29 is 14.2 Å². The fraction of sp³-hybridized carbons (Fsp3) is 0.538. The number of rotatable bonds is 7. The number of benzene rings is 1. The Morgan fingerprint density at radius 2 is 2.05 bits per heavy atom. The lowest BCUT2D eigenvalue weighted by Crippen LogP contribution is -2.20. The average Bonchev–Trinajstić information content (AvgIpc) is 2.75. The van der Waals surface area contributed by atoms with Crippen molar-refractivity contribution in [2.75, 3.05) is 13.2 Å². The third-order valence-electron chi connectivity index (χ3n) is 3.34. The van der Waals surface area contributed by atoms with Crippen LogP contribution in [0.4, 0.5) is 5.69 Å². The van der Waals surface area contributed by atoms with Gasteiger partial charge in [-0.05, 0) is 24.5 Å². The zero-order valence-electron chi connectivity index (χ0n) is 11.2. The Morgan fingerprint density at radius 3 is 2.75 bits per heavy atom. The van der Waals surface area contributed by atoms with Gasteiger partial charge in [-0.2, -0.15) is 0 Å². The van der Waals surface area contributed by atoms with Crippen LogP contribution in [-0.4, -0.2) is 31.7 Å². The maximum absolute atomic E-state index is 12.2. The topological polar surface area (TPSA) is 83.7 Å². The van der Waals surface area contributed by atoms with E-state index in [0.717, 1.165) is 31.2 Å². The smallest absolute Gasteiger partial charge is 0.269 e. The van der Waals surface area contributed by atoms with Crippen LogP contribution in [0.1, 0.15) is 31.2 Å². The molecule has 1 atom stereocenters. The van der Waals surface area contributed by atoms with Gasteiger partial charge in [-0.3, -0.25) is 10.1 Å². The van der Waals surface area contributed by atoms with E-state index in [2.05, 4.69) is 0 Å². The maximum atomic E-state index is 12.2. The molecule has 7 heteroatoms. The molecule has 0 amide bonds. The number of nitrogens with zero attached hydrogens (tertiary/aromatic N) is 2. The fourth-order valence-electron chi connectivity index (χ4n) is 2.28. The zero-order chi connectivity index (χ0) is 14.5. The monoisotopic (exact) mass is 298 g/mol. The number of hydrogen-bond acceptors (Lipinski definition) is 4. The van der Waals surface area contributed by atoms with E-state index in [1.807, 2.05) is 4.31 Å². The van der Waals surface area contributed by atoms with E-state index in [1.165, 1.54) is 12.1 Å². The summed E-state index contributed by atoms with van der Waals surface area (Å²) in [6, 6.07) is 4.51. The number of non-ortho nitro benzene ring substituents is 1. The summed E-state index contributed by atoms with van der Waals surface area (Å²) < 4.78 is 14.1. The molecule has 0 fully saturated rings. The summed E-state index contributed by atoms with van der Waals surface area (Å²) in [4.78, 5) is 11.0. The molecule has 0 aromatic heterocycles. The van der Waals surface area contributed by atoms with E-state index in [0.29, 0.717) is 18.0 Å². The van der Waals surface area contributed by atoms with Gasteiger partial charge in [0.2, 0.25) is 0 Å². The molecule has 1 aromatic rings. The number of hydrogen-bond donors (Lipinski definition) is 1. The lowest BCUT2D eigenvalue weighted by atomic mass is 10.2. The van der Waals surface area contributed by atoms with Crippen LogP contribution < -0.4 is 0 Å². The molecule has 0 aliphatic carbocycles. The summed E-state index contributed by atoms with van der Waals surface area (Å²) in [5.74, 6) is 0. The second-order valence-corrected chi connectivity index (χ2v) is 6.25. The van der Waals surface area contributed by atoms with Crippen LogP contribution in [0.3, 0.4) is 0 Å². The van der Waals surface area contributed by atoms with Crippen molar-refractivity contribution in [1.82, 2.24) is 4.31 Å². The highest BCUT2D eigenvalue weighted by Gasteiger charge is 2.27. The predicted octanol–water partition coefficient (Wildman–Crippen LogP) is 1.99. The summed E-state index contributed by atoms with van der Waals surface area (Å²) in [6.45, 7) is 1.43. The summed E-state index contributed by atoms with van der Waals surface area (Å²) >= 11 is 0. The van der Waals surface area contributed by atoms with E-state index < -0.39 is 15.9 Å². The molecule has 1 N–H and O–H groups in total. The molecule has 6 nitrogen and oxygen atoms in total. The van der Waals surface area contributed by atoms with Crippen molar-refractivity contribution >= 4 is 16.7 Å². The molecule has 0 radical (unpaired) electrons. The van der Waals surface area contributed by atoms with Crippen LogP contribution in [-0.2, 0) is 17.5 Å². The van der Waals surface area contributed by atoms with Crippen molar-refractivity contribution in [2.45, 2.75) is 37.1 Å². The van der Waals surface area contributed by atoms with Gasteiger partial charge in [-0.1, -0.05) is 12.8 Å². The molecule has 1 heterocycles. The Hall–Kier alpha value is -1.31. The van der Waals surface area contributed by atoms with Gasteiger partial charge in [0.05, 0.1) is 9.82 Å². The quantitative estimate of drug-likeness (QED) is 0.474. The molecular formula is C13H18N2O4S. The first-order chi connectivity index (χ1) is 9.63. The largest absolute Gasteiger partial charge is 0.396 e. The summed E-state index contributed by atoms with van der Waals surface area (Å²) in [5.41, 5.74) is 0.832. The number of unbranched alkanes of at least 4 members (excludes halogenated alkanes) is 3. The lowest BCUT2D eigenvalue weighted by molar-refractivity contribution is -0.385. The van der Waals surface area contributed by atoms with Crippen LogP contribution in [0, 0.1) is 10.1 Å². The van der Waals surface area contributed by atoms with Gasteiger partial charge in [0.25, 0.3) is 5.69 Å². The minimum Gasteiger partial charge on any atom is -0.396 e. The molecule has 1 aliphatic heterocycles. The Balaban J connectivity index is 1.93. The summed E-state index contributed by atoms with van der Waals surface area (Å²) in [7, 11) is -1.20. The lowest BCUT2D eigenvalue weighted by Gasteiger charge is -2.12. The molecule has 0 spiro atoms. The molecular weight excluding hydrogens is 280 g/mol. The Bertz CT molecular complexity index is 521. The van der Waals surface area contributed by atoms with E-state index in [9.17, 15) is 14.3 Å². The number of nitro groups is 1. The normalized spacial score (nSPS) is 18.1. The Morgan fingerprint density at radius 1 is 1.30 bits per heavy atom. The average molecular weight is 298 g/mol. The van der Waals surface area contributed by atoms with Crippen molar-refractivity contribution in [3.05, 3.63) is 33.9 Å².